The monoisotopic (exact) mass is 265 g/mol. The number of halogens is 4. The van der Waals surface area contributed by atoms with Crippen molar-refractivity contribution >= 4 is 5.71 Å². The van der Waals surface area contributed by atoms with Crippen LogP contribution in [0.1, 0.15) is 12.0 Å². The van der Waals surface area contributed by atoms with Crippen LogP contribution in [0.5, 0.6) is 5.75 Å². The molecular weight excluding hydrogens is 258 g/mol. The Bertz CT molecular complexity index is 494. The second-order valence-electron chi connectivity index (χ2n) is 3.72. The van der Waals surface area contributed by atoms with E-state index in [1.54, 1.807) is 0 Å². The zero-order chi connectivity index (χ0) is 13.6. The first-order valence-corrected chi connectivity index (χ1v) is 4.76. The standard InChI is InChI=1S/C10H7F4NO3/c11-5-2-1-3-7(16)8(5)6-4-9(17,18-15-6)10(12,13)14/h1-3,16-17H,4H2. The van der Waals surface area contributed by atoms with E-state index >= 15 is 0 Å². The fourth-order valence-corrected chi connectivity index (χ4v) is 1.51. The molecule has 0 bridgehead atoms. The fourth-order valence-electron chi connectivity index (χ4n) is 1.51. The maximum Gasteiger partial charge on any atom is 0.458 e. The summed E-state index contributed by atoms with van der Waals surface area (Å²) < 4.78 is 50.7. The van der Waals surface area contributed by atoms with Crippen LogP contribution >= 0.6 is 0 Å². The Morgan fingerprint density at radius 2 is 2.00 bits per heavy atom. The van der Waals surface area contributed by atoms with Gasteiger partial charge in [-0.15, -0.1) is 0 Å². The van der Waals surface area contributed by atoms with Crippen molar-refractivity contribution in [3.63, 3.8) is 0 Å². The van der Waals surface area contributed by atoms with Gasteiger partial charge in [-0.2, -0.15) is 13.2 Å². The lowest BCUT2D eigenvalue weighted by Crippen LogP contribution is -2.45. The van der Waals surface area contributed by atoms with Crippen molar-refractivity contribution in [2.75, 3.05) is 0 Å². The minimum atomic E-state index is -5.07. The second kappa shape index (κ2) is 3.84. The fraction of sp³-hybridized carbons (Fsp3) is 0.300. The Hall–Kier alpha value is -1.83. The summed E-state index contributed by atoms with van der Waals surface area (Å²) >= 11 is 0. The molecule has 0 aliphatic carbocycles. The molecule has 1 aliphatic rings. The third kappa shape index (κ3) is 1.88. The first kappa shape index (κ1) is 12.6. The molecule has 1 aliphatic heterocycles. The summed E-state index contributed by atoms with van der Waals surface area (Å²) in [6.45, 7) is 0. The third-order valence-electron chi connectivity index (χ3n) is 2.44. The molecule has 0 radical (unpaired) electrons. The number of aromatic hydroxyl groups is 1. The molecule has 2 N–H and O–H groups in total. The number of rotatable bonds is 1. The van der Waals surface area contributed by atoms with Crippen LogP contribution in [0.4, 0.5) is 17.6 Å². The maximum absolute atomic E-state index is 13.4. The van der Waals surface area contributed by atoms with Gasteiger partial charge < -0.3 is 15.1 Å². The van der Waals surface area contributed by atoms with E-state index in [0.29, 0.717) is 0 Å². The van der Waals surface area contributed by atoms with Gasteiger partial charge in [0.2, 0.25) is 0 Å². The van der Waals surface area contributed by atoms with Gasteiger partial charge in [0.15, 0.2) is 0 Å². The molecule has 1 aromatic rings. The zero-order valence-corrected chi connectivity index (χ0v) is 8.70. The Balaban J connectivity index is 2.35. The summed E-state index contributed by atoms with van der Waals surface area (Å²) in [4.78, 5) is 3.92. The highest BCUT2D eigenvalue weighted by Crippen LogP contribution is 2.40. The average Bonchev–Trinajstić information content (AvgIpc) is 2.61. The zero-order valence-electron chi connectivity index (χ0n) is 8.70. The highest BCUT2D eigenvalue weighted by atomic mass is 19.4. The Labute approximate surface area is 98.1 Å². The molecule has 98 valence electrons. The quantitative estimate of drug-likeness (QED) is 0.762. The number of benzene rings is 1. The Morgan fingerprint density at radius 1 is 1.33 bits per heavy atom. The van der Waals surface area contributed by atoms with E-state index in [0.717, 1.165) is 12.1 Å². The lowest BCUT2D eigenvalue weighted by atomic mass is 10.0. The van der Waals surface area contributed by atoms with Gasteiger partial charge >= 0.3 is 12.0 Å². The molecular formula is C10H7F4NO3. The van der Waals surface area contributed by atoms with Crippen LogP contribution < -0.4 is 0 Å². The molecule has 8 heteroatoms. The van der Waals surface area contributed by atoms with Crippen molar-refractivity contribution in [1.82, 2.24) is 0 Å². The normalized spacial score (nSPS) is 23.7. The lowest BCUT2D eigenvalue weighted by Gasteiger charge is -2.22. The average molecular weight is 265 g/mol. The van der Waals surface area contributed by atoms with Crippen molar-refractivity contribution in [2.45, 2.75) is 18.4 Å². The van der Waals surface area contributed by atoms with Crippen LogP contribution in [0, 0.1) is 5.82 Å². The SMILES string of the molecule is Oc1cccc(F)c1C1=NOC(O)(C(F)(F)F)C1. The highest BCUT2D eigenvalue weighted by Gasteiger charge is 2.60. The predicted molar refractivity (Wildman–Crippen MR) is 51.3 cm³/mol. The first-order chi connectivity index (χ1) is 8.24. The smallest absolute Gasteiger partial charge is 0.458 e. The molecule has 2 rings (SSSR count). The molecule has 0 aromatic heterocycles. The van der Waals surface area contributed by atoms with Crippen molar-refractivity contribution in [3.8, 4) is 5.75 Å². The largest absolute Gasteiger partial charge is 0.507 e. The van der Waals surface area contributed by atoms with Crippen molar-refractivity contribution in [2.24, 2.45) is 5.16 Å². The van der Waals surface area contributed by atoms with Crippen molar-refractivity contribution < 1.29 is 32.6 Å². The number of phenols is 1. The number of aliphatic hydroxyl groups is 1. The van der Waals surface area contributed by atoms with Gasteiger partial charge in [0.1, 0.15) is 17.3 Å². The summed E-state index contributed by atoms with van der Waals surface area (Å²) in [5, 5.41) is 21.6. The molecule has 0 saturated heterocycles. The molecule has 18 heavy (non-hydrogen) atoms. The van der Waals surface area contributed by atoms with E-state index in [9.17, 15) is 27.8 Å². The molecule has 1 heterocycles. The highest BCUT2D eigenvalue weighted by molar-refractivity contribution is 6.03. The van der Waals surface area contributed by atoms with Gasteiger partial charge in [0.05, 0.1) is 12.0 Å². The molecule has 0 fully saturated rings. The summed E-state index contributed by atoms with van der Waals surface area (Å²) in [5.41, 5.74) is -1.02. The minimum Gasteiger partial charge on any atom is -0.507 e. The number of nitrogens with zero attached hydrogens (tertiary/aromatic N) is 1. The summed E-state index contributed by atoms with van der Waals surface area (Å²) in [6.07, 6.45) is -6.16. The van der Waals surface area contributed by atoms with Crippen LogP contribution in [0.2, 0.25) is 0 Å². The number of phenolic OH excluding ortho intramolecular Hbond substituents is 1. The molecule has 1 aromatic carbocycles. The van der Waals surface area contributed by atoms with E-state index in [1.807, 2.05) is 0 Å². The summed E-state index contributed by atoms with van der Waals surface area (Å²) in [5.74, 6) is -5.02. The van der Waals surface area contributed by atoms with Crippen LogP contribution in [0.25, 0.3) is 0 Å². The number of oxime groups is 1. The van der Waals surface area contributed by atoms with E-state index in [1.165, 1.54) is 6.07 Å². The van der Waals surface area contributed by atoms with Crippen LogP contribution in [0.3, 0.4) is 0 Å². The van der Waals surface area contributed by atoms with Gasteiger partial charge in [0, 0.05) is 0 Å². The van der Waals surface area contributed by atoms with E-state index in [-0.39, 0.29) is 0 Å². The van der Waals surface area contributed by atoms with E-state index < -0.39 is 41.2 Å². The molecule has 1 unspecified atom stereocenters. The second-order valence-corrected chi connectivity index (χ2v) is 3.72. The van der Waals surface area contributed by atoms with E-state index in [2.05, 4.69) is 9.99 Å². The molecule has 0 spiro atoms. The number of alkyl halides is 3. The van der Waals surface area contributed by atoms with Gasteiger partial charge in [-0.25, -0.2) is 4.39 Å². The third-order valence-corrected chi connectivity index (χ3v) is 2.44. The van der Waals surface area contributed by atoms with Gasteiger partial charge in [-0.05, 0) is 12.1 Å². The molecule has 0 amide bonds. The van der Waals surface area contributed by atoms with Crippen molar-refractivity contribution in [1.29, 1.82) is 0 Å². The Morgan fingerprint density at radius 3 is 2.50 bits per heavy atom. The van der Waals surface area contributed by atoms with Crippen LogP contribution in [-0.4, -0.2) is 27.9 Å². The molecule has 0 saturated carbocycles. The van der Waals surface area contributed by atoms with Crippen molar-refractivity contribution in [3.05, 3.63) is 29.6 Å². The van der Waals surface area contributed by atoms with Gasteiger partial charge in [0.25, 0.3) is 0 Å². The topological polar surface area (TPSA) is 62.1 Å². The Kier molecular flexibility index (Phi) is 2.69. The number of hydrogen-bond acceptors (Lipinski definition) is 4. The summed E-state index contributed by atoms with van der Waals surface area (Å²) in [7, 11) is 0. The first-order valence-electron chi connectivity index (χ1n) is 4.76. The molecule has 1 atom stereocenters. The lowest BCUT2D eigenvalue weighted by molar-refractivity contribution is -0.355. The summed E-state index contributed by atoms with van der Waals surface area (Å²) in [6, 6.07) is 3.22. The molecule has 4 nitrogen and oxygen atoms in total. The van der Waals surface area contributed by atoms with Gasteiger partial charge in [-0.3, -0.25) is 0 Å². The number of hydrogen-bond donors (Lipinski definition) is 2. The maximum atomic E-state index is 13.4. The predicted octanol–water partition coefficient (Wildman–Crippen LogP) is 1.91. The van der Waals surface area contributed by atoms with Gasteiger partial charge in [-0.1, -0.05) is 11.2 Å². The van der Waals surface area contributed by atoms with E-state index in [4.69, 9.17) is 0 Å². The van der Waals surface area contributed by atoms with Crippen LogP contribution in [-0.2, 0) is 4.84 Å². The van der Waals surface area contributed by atoms with Crippen LogP contribution in [0.15, 0.2) is 23.4 Å². The minimum absolute atomic E-state index is 0.509.